The van der Waals surface area contributed by atoms with Gasteiger partial charge in [0.25, 0.3) is 0 Å². The molecule has 11 heavy (non-hydrogen) atoms. The van der Waals surface area contributed by atoms with Crippen molar-refractivity contribution in [2.75, 3.05) is 12.4 Å². The van der Waals surface area contributed by atoms with Gasteiger partial charge < -0.3 is 5.32 Å². The van der Waals surface area contributed by atoms with Gasteiger partial charge in [-0.3, -0.25) is 4.79 Å². The molecule has 0 spiro atoms. The summed E-state index contributed by atoms with van der Waals surface area (Å²) in [4.78, 5) is 10.3. The van der Waals surface area contributed by atoms with Crippen molar-refractivity contribution in [2.45, 2.75) is 12.6 Å². The second-order valence-electron chi connectivity index (χ2n) is 1.83. The van der Waals surface area contributed by atoms with Gasteiger partial charge in [0.2, 0.25) is 5.91 Å². The maximum Gasteiger partial charge on any atom is 0.397 e. The minimum absolute atomic E-state index is 0.0659. The van der Waals surface area contributed by atoms with E-state index in [-0.39, 0.29) is 12.4 Å². The lowest BCUT2D eigenvalue weighted by Gasteiger charge is -2.05. The highest BCUT2D eigenvalue weighted by molar-refractivity contribution is 6.18. The molecule has 0 fully saturated rings. The lowest BCUT2D eigenvalue weighted by atomic mass is 10.4. The van der Waals surface area contributed by atoms with Crippen LogP contribution in [0, 0.1) is 0 Å². The van der Waals surface area contributed by atoms with Crippen LogP contribution in [0.15, 0.2) is 0 Å². The maximum absolute atomic E-state index is 11.4. The minimum atomic E-state index is -4.43. The fraction of sp³-hybridized carbons (Fsp3) is 0.800. The molecule has 0 aliphatic carbocycles. The highest BCUT2D eigenvalue weighted by atomic mass is 35.5. The van der Waals surface area contributed by atoms with E-state index in [1.165, 1.54) is 0 Å². The molecule has 0 saturated heterocycles. The van der Waals surface area contributed by atoms with Crippen molar-refractivity contribution in [1.82, 2.24) is 5.32 Å². The Morgan fingerprint density at radius 2 is 2.00 bits per heavy atom. The van der Waals surface area contributed by atoms with Crippen molar-refractivity contribution in [3.05, 3.63) is 0 Å². The number of halogens is 4. The quantitative estimate of drug-likeness (QED) is 0.666. The van der Waals surface area contributed by atoms with E-state index in [1.54, 1.807) is 0 Å². The van der Waals surface area contributed by atoms with Gasteiger partial charge in [0.05, 0.1) is 0 Å². The standard InChI is InChI=1S/C5H7ClF3NO/c6-1-2-10-4(11)3-5(7,8)9/h1-3H2,(H,10,11). The Hall–Kier alpha value is -0.450. The second kappa shape index (κ2) is 4.43. The van der Waals surface area contributed by atoms with Crippen molar-refractivity contribution in [1.29, 1.82) is 0 Å². The van der Waals surface area contributed by atoms with Gasteiger partial charge in [-0.05, 0) is 0 Å². The van der Waals surface area contributed by atoms with E-state index >= 15 is 0 Å². The Kier molecular flexibility index (Phi) is 4.25. The van der Waals surface area contributed by atoms with Gasteiger partial charge in [-0.2, -0.15) is 13.2 Å². The Labute approximate surface area is 66.7 Å². The van der Waals surface area contributed by atoms with Crippen LogP contribution >= 0.6 is 11.6 Å². The molecular formula is C5H7ClF3NO. The summed E-state index contributed by atoms with van der Waals surface area (Å²) in [6.07, 6.45) is -5.87. The number of carbonyl (C=O) groups excluding carboxylic acids is 1. The Morgan fingerprint density at radius 1 is 1.45 bits per heavy atom. The van der Waals surface area contributed by atoms with E-state index in [0.29, 0.717) is 0 Å². The summed E-state index contributed by atoms with van der Waals surface area (Å²) in [5.74, 6) is -0.929. The normalized spacial score (nSPS) is 11.3. The molecule has 1 amide bonds. The summed E-state index contributed by atoms with van der Waals surface area (Å²) in [6.45, 7) is 0.0659. The first-order valence-corrected chi connectivity index (χ1v) is 3.38. The number of hydrogen-bond acceptors (Lipinski definition) is 1. The Morgan fingerprint density at radius 3 is 2.36 bits per heavy atom. The number of carbonyl (C=O) groups is 1. The smallest absolute Gasteiger partial charge is 0.355 e. The van der Waals surface area contributed by atoms with E-state index in [1.807, 2.05) is 5.32 Å². The molecule has 0 saturated carbocycles. The zero-order valence-electron chi connectivity index (χ0n) is 5.54. The van der Waals surface area contributed by atoms with Crippen molar-refractivity contribution in [2.24, 2.45) is 0 Å². The van der Waals surface area contributed by atoms with E-state index in [9.17, 15) is 18.0 Å². The highest BCUT2D eigenvalue weighted by Gasteiger charge is 2.30. The van der Waals surface area contributed by atoms with E-state index < -0.39 is 18.5 Å². The second-order valence-corrected chi connectivity index (χ2v) is 2.21. The van der Waals surface area contributed by atoms with Gasteiger partial charge in [0.1, 0.15) is 6.42 Å². The number of amides is 1. The van der Waals surface area contributed by atoms with Crippen molar-refractivity contribution < 1.29 is 18.0 Å². The molecule has 6 heteroatoms. The molecule has 0 unspecified atom stereocenters. The first kappa shape index (κ1) is 10.6. The monoisotopic (exact) mass is 189 g/mol. The number of hydrogen-bond donors (Lipinski definition) is 1. The van der Waals surface area contributed by atoms with Crippen LogP contribution in [0.2, 0.25) is 0 Å². The zero-order chi connectivity index (χ0) is 8.91. The SMILES string of the molecule is O=C(CC(F)(F)F)NCCCl. The highest BCUT2D eigenvalue weighted by Crippen LogP contribution is 2.18. The summed E-state index contributed by atoms with van der Waals surface area (Å²) in [7, 11) is 0. The molecule has 2 nitrogen and oxygen atoms in total. The number of rotatable bonds is 3. The van der Waals surface area contributed by atoms with Crippen LogP contribution in [0.25, 0.3) is 0 Å². The summed E-state index contributed by atoms with van der Waals surface area (Å²) >= 11 is 5.12. The molecule has 0 atom stereocenters. The third kappa shape index (κ3) is 7.45. The van der Waals surface area contributed by atoms with Crippen LogP contribution in [0.4, 0.5) is 13.2 Å². The topological polar surface area (TPSA) is 29.1 Å². The Bertz CT molecular complexity index is 136. The molecule has 66 valence electrons. The summed E-state index contributed by atoms with van der Waals surface area (Å²) in [5, 5.41) is 2.00. The molecule has 0 aliphatic rings. The van der Waals surface area contributed by atoms with Gasteiger partial charge in [-0.1, -0.05) is 0 Å². The van der Waals surface area contributed by atoms with Crippen LogP contribution in [-0.4, -0.2) is 24.5 Å². The maximum atomic E-state index is 11.4. The fourth-order valence-electron chi connectivity index (χ4n) is 0.431. The predicted molar refractivity (Wildman–Crippen MR) is 34.4 cm³/mol. The lowest BCUT2D eigenvalue weighted by Crippen LogP contribution is -2.29. The average Bonchev–Trinajstić information content (AvgIpc) is 1.79. The molecule has 0 bridgehead atoms. The fourth-order valence-corrected chi connectivity index (χ4v) is 0.526. The first-order chi connectivity index (χ1) is 4.95. The van der Waals surface area contributed by atoms with Crippen molar-refractivity contribution in [3.63, 3.8) is 0 Å². The molecule has 0 aromatic rings. The summed E-state index contributed by atoms with van der Waals surface area (Å²) < 4.78 is 34.3. The van der Waals surface area contributed by atoms with E-state index in [4.69, 9.17) is 11.6 Å². The molecular weight excluding hydrogens is 183 g/mol. The van der Waals surface area contributed by atoms with Gasteiger partial charge in [0, 0.05) is 12.4 Å². The summed E-state index contributed by atoms with van der Waals surface area (Å²) in [6, 6.07) is 0. The van der Waals surface area contributed by atoms with Crippen LogP contribution in [-0.2, 0) is 4.79 Å². The van der Waals surface area contributed by atoms with Crippen molar-refractivity contribution >= 4 is 17.5 Å². The van der Waals surface area contributed by atoms with Crippen LogP contribution in [0.1, 0.15) is 6.42 Å². The van der Waals surface area contributed by atoms with Crippen molar-refractivity contribution in [3.8, 4) is 0 Å². The molecule has 0 radical (unpaired) electrons. The molecule has 0 heterocycles. The average molecular weight is 190 g/mol. The first-order valence-electron chi connectivity index (χ1n) is 2.85. The molecule has 1 N–H and O–H groups in total. The van der Waals surface area contributed by atoms with Gasteiger partial charge in [-0.25, -0.2) is 0 Å². The van der Waals surface area contributed by atoms with E-state index in [2.05, 4.69) is 0 Å². The van der Waals surface area contributed by atoms with Gasteiger partial charge in [0.15, 0.2) is 0 Å². The molecule has 0 aliphatic heterocycles. The summed E-state index contributed by atoms with van der Waals surface area (Å²) in [5.41, 5.74) is 0. The predicted octanol–water partition coefficient (Wildman–Crippen LogP) is 1.29. The van der Waals surface area contributed by atoms with E-state index in [0.717, 1.165) is 0 Å². The number of alkyl halides is 4. The third-order valence-electron chi connectivity index (χ3n) is 0.778. The van der Waals surface area contributed by atoms with Gasteiger partial charge in [-0.15, -0.1) is 11.6 Å². The third-order valence-corrected chi connectivity index (χ3v) is 0.967. The molecule has 0 aromatic carbocycles. The van der Waals surface area contributed by atoms with Gasteiger partial charge >= 0.3 is 6.18 Å². The van der Waals surface area contributed by atoms with Crippen LogP contribution in [0.5, 0.6) is 0 Å². The Balaban J connectivity index is 3.53. The lowest BCUT2D eigenvalue weighted by molar-refractivity contribution is -0.153. The number of nitrogens with one attached hydrogen (secondary N) is 1. The largest absolute Gasteiger partial charge is 0.397 e. The van der Waals surface area contributed by atoms with Crippen LogP contribution in [0.3, 0.4) is 0 Å². The minimum Gasteiger partial charge on any atom is -0.355 e. The molecule has 0 aromatic heterocycles. The zero-order valence-corrected chi connectivity index (χ0v) is 6.30. The molecule has 0 rings (SSSR count). The van der Waals surface area contributed by atoms with Crippen LogP contribution < -0.4 is 5.32 Å².